The zero-order valence-electron chi connectivity index (χ0n) is 11.5. The number of piperidine rings is 1. The molecule has 2 saturated heterocycles. The van der Waals surface area contributed by atoms with Gasteiger partial charge in [0.15, 0.2) is 5.79 Å². The third-order valence-electron chi connectivity index (χ3n) is 3.75. The van der Waals surface area contributed by atoms with Crippen molar-refractivity contribution < 1.29 is 19.0 Å². The molecule has 0 atom stereocenters. The first-order chi connectivity index (χ1) is 9.74. The van der Waals surface area contributed by atoms with Gasteiger partial charge in [-0.05, 0) is 12.5 Å². The maximum Gasteiger partial charge on any atom is 0.257 e. The monoisotopic (exact) mass is 278 g/mol. The number of hydrogen-bond acceptors (Lipinski definition) is 5. The lowest BCUT2D eigenvalue weighted by Crippen LogP contribution is -2.51. The van der Waals surface area contributed by atoms with Gasteiger partial charge < -0.3 is 19.1 Å². The summed E-state index contributed by atoms with van der Waals surface area (Å²) in [5.41, 5.74) is 0.526. The van der Waals surface area contributed by atoms with Crippen molar-refractivity contribution in [1.82, 2.24) is 9.88 Å². The molecule has 0 aromatic carbocycles. The minimum Gasteiger partial charge on any atom is -0.494 e. The van der Waals surface area contributed by atoms with Crippen molar-refractivity contribution >= 4 is 5.91 Å². The number of carbonyl (C=O) groups excluding carboxylic acids is 1. The summed E-state index contributed by atoms with van der Waals surface area (Å²) in [6.45, 7) is 2.37. The Morgan fingerprint density at radius 2 is 2.25 bits per heavy atom. The predicted molar refractivity (Wildman–Crippen MR) is 70.6 cm³/mol. The Morgan fingerprint density at radius 1 is 1.45 bits per heavy atom. The lowest BCUT2D eigenvalue weighted by atomic mass is 10.0. The molecule has 0 N–H and O–H groups in total. The van der Waals surface area contributed by atoms with Crippen LogP contribution in [0.1, 0.15) is 23.2 Å². The van der Waals surface area contributed by atoms with E-state index in [4.69, 9.17) is 14.2 Å². The van der Waals surface area contributed by atoms with Gasteiger partial charge in [0.1, 0.15) is 5.75 Å². The smallest absolute Gasteiger partial charge is 0.257 e. The van der Waals surface area contributed by atoms with E-state index in [1.807, 2.05) is 0 Å². The van der Waals surface area contributed by atoms with Crippen LogP contribution in [-0.4, -0.2) is 55.0 Å². The Morgan fingerprint density at radius 3 is 3.00 bits per heavy atom. The molecule has 2 aliphatic heterocycles. The Hall–Kier alpha value is -1.66. The molecule has 1 amide bonds. The fraction of sp³-hybridized carbons (Fsp3) is 0.571. The summed E-state index contributed by atoms with van der Waals surface area (Å²) in [6, 6.07) is 1.68. The fourth-order valence-electron chi connectivity index (χ4n) is 2.78. The van der Waals surface area contributed by atoms with Gasteiger partial charge in [-0.25, -0.2) is 0 Å². The Labute approximate surface area is 117 Å². The van der Waals surface area contributed by atoms with Gasteiger partial charge in [0, 0.05) is 19.2 Å². The van der Waals surface area contributed by atoms with Crippen molar-refractivity contribution in [2.45, 2.75) is 18.6 Å². The Balaban J connectivity index is 1.79. The molecule has 1 aromatic heterocycles. The van der Waals surface area contributed by atoms with E-state index in [0.717, 1.165) is 12.8 Å². The van der Waals surface area contributed by atoms with Crippen LogP contribution in [0, 0.1) is 0 Å². The van der Waals surface area contributed by atoms with E-state index < -0.39 is 5.79 Å². The highest BCUT2D eigenvalue weighted by Gasteiger charge is 2.42. The first-order valence-corrected chi connectivity index (χ1v) is 6.79. The van der Waals surface area contributed by atoms with Gasteiger partial charge in [-0.3, -0.25) is 9.78 Å². The molecule has 0 aliphatic carbocycles. The van der Waals surface area contributed by atoms with Crippen molar-refractivity contribution in [2.24, 2.45) is 0 Å². The average molecular weight is 278 g/mol. The van der Waals surface area contributed by atoms with E-state index >= 15 is 0 Å². The first-order valence-electron chi connectivity index (χ1n) is 6.79. The zero-order valence-corrected chi connectivity index (χ0v) is 11.5. The van der Waals surface area contributed by atoms with Gasteiger partial charge >= 0.3 is 0 Å². The van der Waals surface area contributed by atoms with Gasteiger partial charge in [0.05, 0.1) is 38.6 Å². The number of aromatic nitrogens is 1. The number of rotatable bonds is 2. The van der Waals surface area contributed by atoms with Crippen LogP contribution in [0.2, 0.25) is 0 Å². The maximum absolute atomic E-state index is 12.6. The molecule has 2 fully saturated rings. The molecule has 6 nitrogen and oxygen atoms in total. The van der Waals surface area contributed by atoms with Crippen molar-refractivity contribution in [2.75, 3.05) is 33.4 Å². The van der Waals surface area contributed by atoms with Gasteiger partial charge in [-0.15, -0.1) is 0 Å². The largest absolute Gasteiger partial charge is 0.494 e. The molecular weight excluding hydrogens is 260 g/mol. The van der Waals surface area contributed by atoms with E-state index in [0.29, 0.717) is 37.6 Å². The average Bonchev–Trinajstić information content (AvgIpc) is 2.94. The van der Waals surface area contributed by atoms with E-state index in [1.165, 1.54) is 7.11 Å². The summed E-state index contributed by atoms with van der Waals surface area (Å²) in [5, 5.41) is 0. The minimum atomic E-state index is -0.603. The molecule has 1 spiro atoms. The number of hydrogen-bond donors (Lipinski definition) is 0. The summed E-state index contributed by atoms with van der Waals surface area (Å²) in [7, 11) is 1.54. The van der Waals surface area contributed by atoms with Crippen molar-refractivity contribution in [3.63, 3.8) is 0 Å². The normalized spacial score (nSPS) is 21.1. The Kier molecular flexibility index (Phi) is 3.58. The highest BCUT2D eigenvalue weighted by Crippen LogP contribution is 2.31. The molecule has 2 aliphatic rings. The molecule has 3 rings (SSSR count). The maximum atomic E-state index is 12.6. The van der Waals surface area contributed by atoms with Crippen molar-refractivity contribution in [3.05, 3.63) is 24.0 Å². The molecule has 3 heterocycles. The third kappa shape index (κ3) is 2.36. The van der Waals surface area contributed by atoms with Crippen LogP contribution in [0.3, 0.4) is 0 Å². The highest BCUT2D eigenvalue weighted by molar-refractivity contribution is 5.96. The van der Waals surface area contributed by atoms with Crippen LogP contribution in [0.5, 0.6) is 5.75 Å². The van der Waals surface area contributed by atoms with Crippen LogP contribution < -0.4 is 4.74 Å². The lowest BCUT2D eigenvalue weighted by molar-refractivity contribution is -0.183. The summed E-state index contributed by atoms with van der Waals surface area (Å²) >= 11 is 0. The van der Waals surface area contributed by atoms with Crippen LogP contribution in [0.4, 0.5) is 0 Å². The van der Waals surface area contributed by atoms with Crippen LogP contribution >= 0.6 is 0 Å². The second kappa shape index (κ2) is 5.38. The van der Waals surface area contributed by atoms with Crippen LogP contribution in [-0.2, 0) is 9.47 Å². The number of nitrogens with zero attached hydrogens (tertiary/aromatic N) is 2. The van der Waals surface area contributed by atoms with Crippen LogP contribution in [0.15, 0.2) is 18.5 Å². The molecule has 1 aromatic rings. The SMILES string of the molecule is COc1cnccc1C(=O)N1CCCC2(C1)OCCO2. The second-order valence-corrected chi connectivity index (χ2v) is 5.01. The standard InChI is InChI=1S/C14H18N2O4/c1-18-12-9-15-5-3-11(12)13(17)16-6-2-4-14(10-16)19-7-8-20-14/h3,5,9H,2,4,6-8,10H2,1H3. The van der Waals surface area contributed by atoms with Gasteiger partial charge in [-0.1, -0.05) is 0 Å². The summed E-state index contributed by atoms with van der Waals surface area (Å²) in [6.07, 6.45) is 4.86. The molecule has 108 valence electrons. The van der Waals surface area contributed by atoms with Crippen molar-refractivity contribution in [1.29, 1.82) is 0 Å². The number of likely N-dealkylation sites (tertiary alicyclic amines) is 1. The zero-order chi connectivity index (χ0) is 14.0. The summed E-state index contributed by atoms with van der Waals surface area (Å²) < 4.78 is 16.6. The van der Waals surface area contributed by atoms with Gasteiger partial charge in [0.25, 0.3) is 5.91 Å². The molecule has 0 bridgehead atoms. The molecule has 0 radical (unpaired) electrons. The van der Waals surface area contributed by atoms with Crippen molar-refractivity contribution in [3.8, 4) is 5.75 Å². The first kappa shape index (κ1) is 13.3. The molecular formula is C14H18N2O4. The second-order valence-electron chi connectivity index (χ2n) is 5.01. The quantitative estimate of drug-likeness (QED) is 0.810. The number of methoxy groups -OCH3 is 1. The van der Waals surface area contributed by atoms with Gasteiger partial charge in [0.2, 0.25) is 0 Å². The molecule has 20 heavy (non-hydrogen) atoms. The summed E-state index contributed by atoms with van der Waals surface area (Å²) in [5.74, 6) is -0.179. The number of amides is 1. The lowest BCUT2D eigenvalue weighted by Gasteiger charge is -2.38. The van der Waals surface area contributed by atoms with E-state index in [1.54, 1.807) is 23.4 Å². The van der Waals surface area contributed by atoms with E-state index in [9.17, 15) is 4.79 Å². The van der Waals surface area contributed by atoms with E-state index in [-0.39, 0.29) is 5.91 Å². The number of carbonyl (C=O) groups is 1. The Bertz CT molecular complexity index is 500. The molecule has 0 unspecified atom stereocenters. The fourth-order valence-corrected chi connectivity index (χ4v) is 2.78. The summed E-state index contributed by atoms with van der Waals surface area (Å²) in [4.78, 5) is 18.4. The predicted octanol–water partition coefficient (Wildman–Crippen LogP) is 1.07. The third-order valence-corrected chi connectivity index (χ3v) is 3.75. The molecule has 6 heteroatoms. The number of ether oxygens (including phenoxy) is 3. The minimum absolute atomic E-state index is 0.0672. The van der Waals surface area contributed by atoms with E-state index in [2.05, 4.69) is 4.98 Å². The number of pyridine rings is 1. The van der Waals surface area contributed by atoms with Crippen LogP contribution in [0.25, 0.3) is 0 Å². The topological polar surface area (TPSA) is 60.9 Å². The highest BCUT2D eigenvalue weighted by atomic mass is 16.7. The molecule has 0 saturated carbocycles. The van der Waals surface area contributed by atoms with Gasteiger partial charge in [-0.2, -0.15) is 0 Å².